The molecule has 0 fully saturated rings. The average Bonchev–Trinajstić information content (AvgIpc) is 2.52. The summed E-state index contributed by atoms with van der Waals surface area (Å²) < 4.78 is 53.6. The molecular formula is C14H15F2N3O6S. The van der Waals surface area contributed by atoms with Crippen molar-refractivity contribution in [2.45, 2.75) is 18.4 Å². The number of alkyl halides is 2. The number of sulfone groups is 1. The Hall–Kier alpha value is -2.94. The number of carbonyl (C=O) groups excluding carboxylic acids is 1. The Kier molecular flexibility index (Phi) is 7.73. The largest absolute Gasteiger partial charge is 0.465 e. The predicted molar refractivity (Wildman–Crippen MR) is 84.1 cm³/mol. The number of carbonyl (C=O) groups is 2. The molecule has 0 aromatic heterocycles. The quantitative estimate of drug-likeness (QED) is 0.519. The summed E-state index contributed by atoms with van der Waals surface area (Å²) in [4.78, 5) is 22.6. The first-order chi connectivity index (χ1) is 12.1. The molecule has 0 aliphatic rings. The summed E-state index contributed by atoms with van der Waals surface area (Å²) in [6, 6.07) is 5.12. The Morgan fingerprint density at radius 3 is 2.54 bits per heavy atom. The number of hydrogen-bond acceptors (Lipinski definition) is 6. The van der Waals surface area contributed by atoms with Gasteiger partial charge in [-0.05, 0) is 6.07 Å². The molecule has 1 aromatic rings. The Labute approximate surface area is 147 Å². The second kappa shape index (κ2) is 9.52. The fourth-order valence-electron chi connectivity index (χ4n) is 1.97. The van der Waals surface area contributed by atoms with Crippen molar-refractivity contribution in [3.05, 3.63) is 29.8 Å². The van der Waals surface area contributed by atoms with Crippen molar-refractivity contribution in [2.75, 3.05) is 12.3 Å². The first-order valence-corrected chi connectivity index (χ1v) is 8.84. The molecule has 0 unspecified atom stereocenters. The number of benzene rings is 1. The van der Waals surface area contributed by atoms with Gasteiger partial charge in [-0.3, -0.25) is 4.79 Å². The Morgan fingerprint density at radius 2 is 1.96 bits per heavy atom. The lowest BCUT2D eigenvalue weighted by Crippen LogP contribution is -2.50. The zero-order chi connectivity index (χ0) is 19.7. The molecule has 0 heterocycles. The number of rotatable bonds is 9. The molecule has 1 atom stereocenters. The van der Waals surface area contributed by atoms with Crippen molar-refractivity contribution in [3.63, 3.8) is 0 Å². The first-order valence-electron chi connectivity index (χ1n) is 7.02. The van der Waals surface area contributed by atoms with Crippen LogP contribution in [0.2, 0.25) is 0 Å². The van der Waals surface area contributed by atoms with Gasteiger partial charge in [0.2, 0.25) is 5.91 Å². The van der Waals surface area contributed by atoms with Crippen LogP contribution in [-0.2, 0) is 20.4 Å². The lowest BCUT2D eigenvalue weighted by Gasteiger charge is -2.17. The van der Waals surface area contributed by atoms with E-state index >= 15 is 0 Å². The summed E-state index contributed by atoms with van der Waals surface area (Å²) in [5.74, 6) is -3.03. The highest BCUT2D eigenvalue weighted by molar-refractivity contribution is 7.90. The minimum absolute atomic E-state index is 0.0701. The van der Waals surface area contributed by atoms with Gasteiger partial charge in [0.1, 0.15) is 18.3 Å². The zero-order valence-corrected chi connectivity index (χ0v) is 14.0. The average molecular weight is 391 g/mol. The lowest BCUT2D eigenvalue weighted by molar-refractivity contribution is -0.122. The van der Waals surface area contributed by atoms with E-state index in [2.05, 4.69) is 4.74 Å². The van der Waals surface area contributed by atoms with Crippen molar-refractivity contribution in [2.24, 2.45) is 0 Å². The van der Waals surface area contributed by atoms with E-state index in [0.29, 0.717) is 0 Å². The van der Waals surface area contributed by atoms with E-state index in [-0.39, 0.29) is 11.3 Å². The normalized spacial score (nSPS) is 12.1. The van der Waals surface area contributed by atoms with Gasteiger partial charge in [-0.1, -0.05) is 18.2 Å². The lowest BCUT2D eigenvalue weighted by atomic mass is 10.2. The molecule has 2 amide bonds. The van der Waals surface area contributed by atoms with Gasteiger partial charge in [0.05, 0.1) is 17.6 Å². The van der Waals surface area contributed by atoms with Gasteiger partial charge in [0.15, 0.2) is 9.84 Å². The van der Waals surface area contributed by atoms with Crippen LogP contribution in [0.3, 0.4) is 0 Å². The maximum atomic E-state index is 12.4. The highest BCUT2D eigenvalue weighted by atomic mass is 32.2. The molecule has 0 saturated carbocycles. The fourth-order valence-corrected chi connectivity index (χ4v) is 3.54. The number of nitriles is 1. The van der Waals surface area contributed by atoms with Crippen LogP contribution in [0, 0.1) is 11.3 Å². The van der Waals surface area contributed by atoms with Crippen LogP contribution in [0.1, 0.15) is 5.56 Å². The Bertz CT molecular complexity index is 794. The molecule has 142 valence electrons. The molecule has 0 bridgehead atoms. The van der Waals surface area contributed by atoms with Gasteiger partial charge >= 0.3 is 12.7 Å². The van der Waals surface area contributed by atoms with Crippen LogP contribution in [-0.4, -0.2) is 50.5 Å². The molecule has 3 N–H and O–H groups in total. The van der Waals surface area contributed by atoms with Crippen LogP contribution in [0.15, 0.2) is 24.3 Å². The van der Waals surface area contributed by atoms with Gasteiger partial charge in [0.25, 0.3) is 0 Å². The highest BCUT2D eigenvalue weighted by Crippen LogP contribution is 2.22. The van der Waals surface area contributed by atoms with Gasteiger partial charge in [-0.25, -0.2) is 13.2 Å². The van der Waals surface area contributed by atoms with Gasteiger partial charge < -0.3 is 20.5 Å². The second-order valence-corrected chi connectivity index (χ2v) is 7.03. The van der Waals surface area contributed by atoms with Crippen LogP contribution in [0.25, 0.3) is 0 Å². The molecule has 0 spiro atoms. The standard InChI is InChI=1S/C14H15F2N3O6S/c15-13(16)25-11-4-2-1-3-9(11)7-26(23,24)8-10(19-14(21)22)12(20)18-6-5-17/h1-4,10,13,19H,6-8H2,(H,18,20)(H,21,22)/t10-/m0/s1. The summed E-state index contributed by atoms with van der Waals surface area (Å²) in [5, 5.41) is 20.9. The summed E-state index contributed by atoms with van der Waals surface area (Å²) in [6.07, 6.45) is -1.64. The molecule has 12 heteroatoms. The summed E-state index contributed by atoms with van der Waals surface area (Å²) in [6.45, 7) is -3.60. The van der Waals surface area contributed by atoms with Gasteiger partial charge in [-0.2, -0.15) is 14.0 Å². The third-order valence-corrected chi connectivity index (χ3v) is 4.53. The van der Waals surface area contributed by atoms with E-state index < -0.39 is 52.5 Å². The highest BCUT2D eigenvalue weighted by Gasteiger charge is 2.28. The monoisotopic (exact) mass is 391 g/mol. The predicted octanol–water partition coefficient (Wildman–Crippen LogP) is 0.479. The van der Waals surface area contributed by atoms with Gasteiger partial charge in [0, 0.05) is 5.56 Å². The van der Waals surface area contributed by atoms with E-state index in [0.717, 1.165) is 6.07 Å². The topological polar surface area (TPSA) is 146 Å². The van der Waals surface area contributed by atoms with Crippen molar-refractivity contribution < 1.29 is 36.6 Å². The molecular weight excluding hydrogens is 376 g/mol. The SMILES string of the molecule is N#CCNC(=O)[C@H](CS(=O)(=O)Cc1ccccc1OC(F)F)NC(=O)O. The smallest absolute Gasteiger partial charge is 0.405 e. The third kappa shape index (κ3) is 7.31. The second-order valence-electron chi connectivity index (χ2n) is 4.92. The minimum Gasteiger partial charge on any atom is -0.465 e. The van der Waals surface area contributed by atoms with E-state index in [4.69, 9.17) is 10.4 Å². The molecule has 9 nitrogen and oxygen atoms in total. The molecule has 0 aliphatic heterocycles. The molecule has 26 heavy (non-hydrogen) atoms. The van der Waals surface area contributed by atoms with Crippen molar-refractivity contribution in [1.82, 2.24) is 10.6 Å². The van der Waals surface area contributed by atoms with Crippen LogP contribution >= 0.6 is 0 Å². The number of hydrogen-bond donors (Lipinski definition) is 3. The van der Waals surface area contributed by atoms with Crippen molar-refractivity contribution >= 4 is 21.8 Å². The first kappa shape index (κ1) is 21.1. The Balaban J connectivity index is 2.96. The van der Waals surface area contributed by atoms with E-state index in [1.165, 1.54) is 18.2 Å². The molecule has 0 aliphatic carbocycles. The van der Waals surface area contributed by atoms with Crippen LogP contribution in [0.5, 0.6) is 5.75 Å². The van der Waals surface area contributed by atoms with Crippen molar-refractivity contribution in [1.29, 1.82) is 5.26 Å². The Morgan fingerprint density at radius 1 is 1.31 bits per heavy atom. The van der Waals surface area contributed by atoms with E-state index in [1.807, 2.05) is 5.32 Å². The summed E-state index contributed by atoms with van der Waals surface area (Å²) in [5.41, 5.74) is -0.0701. The number of nitrogens with one attached hydrogen (secondary N) is 2. The third-order valence-electron chi connectivity index (χ3n) is 2.94. The summed E-state index contributed by atoms with van der Waals surface area (Å²) >= 11 is 0. The van der Waals surface area contributed by atoms with Crippen molar-refractivity contribution in [3.8, 4) is 11.8 Å². The van der Waals surface area contributed by atoms with E-state index in [1.54, 1.807) is 11.4 Å². The summed E-state index contributed by atoms with van der Waals surface area (Å²) in [7, 11) is -4.10. The van der Waals surface area contributed by atoms with Crippen LogP contribution in [0.4, 0.5) is 13.6 Å². The number of amides is 2. The van der Waals surface area contributed by atoms with Gasteiger partial charge in [-0.15, -0.1) is 0 Å². The van der Waals surface area contributed by atoms with E-state index in [9.17, 15) is 26.8 Å². The maximum absolute atomic E-state index is 12.4. The minimum atomic E-state index is -4.10. The maximum Gasteiger partial charge on any atom is 0.405 e. The number of para-hydroxylation sites is 1. The fraction of sp³-hybridized carbons (Fsp3) is 0.357. The molecule has 1 aromatic carbocycles. The number of ether oxygens (including phenoxy) is 1. The number of nitrogens with zero attached hydrogens (tertiary/aromatic N) is 1. The molecule has 0 radical (unpaired) electrons. The van der Waals surface area contributed by atoms with Crippen LogP contribution < -0.4 is 15.4 Å². The zero-order valence-electron chi connectivity index (χ0n) is 13.2. The molecule has 1 rings (SSSR count). The number of halogens is 2. The molecule has 0 saturated heterocycles. The number of carboxylic acid groups (broad SMARTS) is 1.